The number of carbonyl (C=O) groups excluding carboxylic acids is 1. The van der Waals surface area contributed by atoms with Gasteiger partial charge in [0.05, 0.1) is 6.54 Å². The Morgan fingerprint density at radius 2 is 1.96 bits per heavy atom. The number of benzene rings is 1. The van der Waals surface area contributed by atoms with Gasteiger partial charge in [-0.25, -0.2) is 0 Å². The number of aromatic nitrogens is 1. The molecule has 0 aliphatic rings. The number of guanidine groups is 1. The molecule has 2 aromatic rings. The van der Waals surface area contributed by atoms with Crippen LogP contribution in [-0.2, 0) is 20.0 Å². The van der Waals surface area contributed by atoms with Crippen molar-refractivity contribution >= 4 is 11.9 Å². The number of hydrogen-bond acceptors (Lipinski definition) is 2. The van der Waals surface area contributed by atoms with Crippen molar-refractivity contribution in [3.63, 3.8) is 0 Å². The quantitative estimate of drug-likeness (QED) is 0.637. The highest BCUT2D eigenvalue weighted by Crippen LogP contribution is 2.08. The third-order valence-electron chi connectivity index (χ3n) is 4.30. The molecule has 0 fully saturated rings. The first kappa shape index (κ1) is 19.6. The summed E-state index contributed by atoms with van der Waals surface area (Å²) < 4.78 is 2.11. The summed E-state index contributed by atoms with van der Waals surface area (Å²) in [5.74, 6) is 0.879. The van der Waals surface area contributed by atoms with Gasteiger partial charge in [0.1, 0.15) is 0 Å². The van der Waals surface area contributed by atoms with Gasteiger partial charge in [-0.05, 0) is 36.2 Å². The molecule has 0 atom stereocenters. The maximum atomic E-state index is 12.1. The minimum absolute atomic E-state index is 0.0259. The Hall–Kier alpha value is -2.76. The van der Waals surface area contributed by atoms with E-state index >= 15 is 0 Å². The molecule has 0 saturated heterocycles. The van der Waals surface area contributed by atoms with Gasteiger partial charge >= 0.3 is 0 Å². The van der Waals surface area contributed by atoms with E-state index in [4.69, 9.17) is 0 Å². The van der Waals surface area contributed by atoms with Crippen LogP contribution in [0.3, 0.4) is 0 Å². The lowest BCUT2D eigenvalue weighted by atomic mass is 10.1. The van der Waals surface area contributed by atoms with Gasteiger partial charge in [-0.1, -0.05) is 12.1 Å². The molecule has 1 aromatic carbocycles. The fourth-order valence-corrected chi connectivity index (χ4v) is 2.80. The molecular weight excluding hydrogens is 326 g/mol. The predicted molar refractivity (Wildman–Crippen MR) is 106 cm³/mol. The van der Waals surface area contributed by atoms with Crippen molar-refractivity contribution in [2.24, 2.45) is 12.0 Å². The Morgan fingerprint density at radius 3 is 2.58 bits per heavy atom. The molecule has 1 amide bonds. The molecule has 0 aliphatic carbocycles. The van der Waals surface area contributed by atoms with Gasteiger partial charge in [0, 0.05) is 59.2 Å². The molecule has 1 heterocycles. The van der Waals surface area contributed by atoms with Crippen LogP contribution < -0.4 is 5.32 Å². The van der Waals surface area contributed by atoms with Crippen molar-refractivity contribution in [1.82, 2.24) is 19.7 Å². The van der Waals surface area contributed by atoms with E-state index in [9.17, 15) is 4.79 Å². The fourth-order valence-electron chi connectivity index (χ4n) is 2.80. The summed E-state index contributed by atoms with van der Waals surface area (Å²) in [6.45, 7) is 1.54. The van der Waals surface area contributed by atoms with Gasteiger partial charge in [-0.15, -0.1) is 0 Å². The molecule has 0 unspecified atom stereocenters. The standard InChI is InChI=1S/C20H29N5O/c1-21-20(25(5)15-18-10-7-13-24(18)4)22-12-11-16-8-6-9-17(14-16)19(26)23(2)3/h6-10,13-14H,11-12,15H2,1-5H3,(H,21,22). The summed E-state index contributed by atoms with van der Waals surface area (Å²) in [5.41, 5.74) is 3.08. The van der Waals surface area contributed by atoms with Gasteiger partial charge in [0.25, 0.3) is 5.91 Å². The first-order valence-electron chi connectivity index (χ1n) is 8.75. The molecule has 1 aromatic heterocycles. The molecule has 0 aliphatic heterocycles. The lowest BCUT2D eigenvalue weighted by Crippen LogP contribution is -2.39. The van der Waals surface area contributed by atoms with Gasteiger partial charge in [-0.3, -0.25) is 9.79 Å². The summed E-state index contributed by atoms with van der Waals surface area (Å²) in [5, 5.41) is 3.39. The SMILES string of the molecule is CN=C(NCCc1cccc(C(=O)N(C)C)c1)N(C)Cc1cccn1C. The van der Waals surface area contributed by atoms with E-state index in [2.05, 4.69) is 25.8 Å². The van der Waals surface area contributed by atoms with E-state index in [0.29, 0.717) is 0 Å². The van der Waals surface area contributed by atoms with Crippen LogP contribution in [0.25, 0.3) is 0 Å². The number of carbonyl (C=O) groups is 1. The summed E-state index contributed by atoms with van der Waals surface area (Å²) in [6, 6.07) is 11.9. The Labute approximate surface area is 156 Å². The zero-order valence-corrected chi connectivity index (χ0v) is 16.4. The Morgan fingerprint density at radius 1 is 1.19 bits per heavy atom. The Kier molecular flexibility index (Phi) is 6.83. The maximum absolute atomic E-state index is 12.1. The smallest absolute Gasteiger partial charge is 0.253 e. The molecule has 0 bridgehead atoms. The molecular formula is C20H29N5O. The zero-order valence-electron chi connectivity index (χ0n) is 16.4. The van der Waals surface area contributed by atoms with Crippen LogP contribution in [0.2, 0.25) is 0 Å². The number of aryl methyl sites for hydroxylation is 1. The second kappa shape index (κ2) is 9.08. The van der Waals surface area contributed by atoms with Crippen molar-refractivity contribution in [3.8, 4) is 0 Å². The first-order chi connectivity index (χ1) is 12.4. The molecule has 6 nitrogen and oxygen atoms in total. The highest BCUT2D eigenvalue weighted by Gasteiger charge is 2.10. The number of amides is 1. The number of hydrogen-bond donors (Lipinski definition) is 1. The van der Waals surface area contributed by atoms with E-state index in [1.54, 1.807) is 26.0 Å². The average Bonchev–Trinajstić information content (AvgIpc) is 3.02. The van der Waals surface area contributed by atoms with Gasteiger partial charge in [-0.2, -0.15) is 0 Å². The largest absolute Gasteiger partial charge is 0.356 e. The number of rotatable bonds is 6. The Balaban J connectivity index is 1.90. The normalized spacial score (nSPS) is 11.3. The number of nitrogens with zero attached hydrogens (tertiary/aromatic N) is 4. The second-order valence-corrected chi connectivity index (χ2v) is 6.59. The van der Waals surface area contributed by atoms with Crippen molar-refractivity contribution in [1.29, 1.82) is 0 Å². The van der Waals surface area contributed by atoms with Crippen LogP contribution in [0.4, 0.5) is 0 Å². The van der Waals surface area contributed by atoms with Gasteiger partial charge < -0.3 is 19.7 Å². The average molecular weight is 355 g/mol. The third kappa shape index (κ3) is 5.12. The molecule has 0 radical (unpaired) electrons. The molecule has 0 saturated carbocycles. The molecule has 140 valence electrons. The van der Waals surface area contributed by atoms with Crippen LogP contribution in [0, 0.1) is 0 Å². The topological polar surface area (TPSA) is 52.9 Å². The van der Waals surface area contributed by atoms with Crippen LogP contribution in [0.5, 0.6) is 0 Å². The zero-order chi connectivity index (χ0) is 19.1. The summed E-state index contributed by atoms with van der Waals surface area (Å²) in [7, 11) is 9.40. The molecule has 2 rings (SSSR count). The lowest BCUT2D eigenvalue weighted by molar-refractivity contribution is 0.0827. The van der Waals surface area contributed by atoms with E-state index in [0.717, 1.165) is 36.6 Å². The van der Waals surface area contributed by atoms with Crippen molar-refractivity contribution in [2.75, 3.05) is 34.7 Å². The summed E-state index contributed by atoms with van der Waals surface area (Å²) in [4.78, 5) is 20.1. The van der Waals surface area contributed by atoms with E-state index < -0.39 is 0 Å². The highest BCUT2D eigenvalue weighted by atomic mass is 16.2. The highest BCUT2D eigenvalue weighted by molar-refractivity contribution is 5.94. The number of nitrogens with one attached hydrogen (secondary N) is 1. The molecule has 0 spiro atoms. The Bertz CT molecular complexity index is 763. The predicted octanol–water partition coefficient (Wildman–Crippen LogP) is 1.98. The lowest BCUT2D eigenvalue weighted by Gasteiger charge is -2.22. The van der Waals surface area contributed by atoms with E-state index in [1.165, 1.54) is 5.69 Å². The number of aliphatic imine (C=N–C) groups is 1. The molecule has 1 N–H and O–H groups in total. The molecule has 6 heteroatoms. The van der Waals surface area contributed by atoms with Crippen molar-refractivity contribution < 1.29 is 4.79 Å². The van der Waals surface area contributed by atoms with Crippen LogP contribution in [0.1, 0.15) is 21.6 Å². The van der Waals surface area contributed by atoms with Crippen LogP contribution in [-0.4, -0.2) is 61.0 Å². The minimum atomic E-state index is 0.0259. The second-order valence-electron chi connectivity index (χ2n) is 6.59. The summed E-state index contributed by atoms with van der Waals surface area (Å²) in [6.07, 6.45) is 2.87. The van der Waals surface area contributed by atoms with Crippen LogP contribution >= 0.6 is 0 Å². The van der Waals surface area contributed by atoms with Crippen LogP contribution in [0.15, 0.2) is 47.6 Å². The van der Waals surface area contributed by atoms with Crippen molar-refractivity contribution in [3.05, 3.63) is 59.4 Å². The van der Waals surface area contributed by atoms with Crippen molar-refractivity contribution in [2.45, 2.75) is 13.0 Å². The van der Waals surface area contributed by atoms with E-state index in [1.807, 2.05) is 50.6 Å². The maximum Gasteiger partial charge on any atom is 0.253 e. The monoisotopic (exact) mass is 355 g/mol. The fraction of sp³-hybridized carbons (Fsp3) is 0.400. The first-order valence-corrected chi connectivity index (χ1v) is 8.75. The minimum Gasteiger partial charge on any atom is -0.356 e. The third-order valence-corrected chi connectivity index (χ3v) is 4.30. The van der Waals surface area contributed by atoms with Gasteiger partial charge in [0.15, 0.2) is 5.96 Å². The van der Waals surface area contributed by atoms with Gasteiger partial charge in [0.2, 0.25) is 0 Å². The summed E-state index contributed by atoms with van der Waals surface area (Å²) >= 11 is 0. The molecule has 26 heavy (non-hydrogen) atoms. The van der Waals surface area contributed by atoms with E-state index in [-0.39, 0.29) is 5.91 Å².